The first-order valence-corrected chi connectivity index (χ1v) is 9.04. The van der Waals surface area contributed by atoms with Crippen LogP contribution in [0.5, 0.6) is 0 Å². The van der Waals surface area contributed by atoms with E-state index in [4.69, 9.17) is 4.74 Å². The van der Waals surface area contributed by atoms with Crippen molar-refractivity contribution in [1.29, 1.82) is 0 Å². The zero-order valence-electron chi connectivity index (χ0n) is 16.9. The SMILES string of the molecule is C=C(/C=C1\C(=C)C2=C(C=C(OC(=O)C(=C)C(F)(F)F)CC2)C1C)OC(=O)C(=C)C(F)(F)F. The van der Waals surface area contributed by atoms with Crippen molar-refractivity contribution in [3.05, 3.63) is 83.4 Å². The molecule has 0 aliphatic heterocycles. The van der Waals surface area contributed by atoms with Crippen LogP contribution in [0, 0.1) is 5.92 Å². The van der Waals surface area contributed by atoms with Gasteiger partial charge >= 0.3 is 24.3 Å². The highest BCUT2D eigenvalue weighted by molar-refractivity contribution is 5.90. The molecule has 0 aromatic heterocycles. The standard InChI is InChI=1S/C22H18F6O4/c1-10(31-19(29)13(4)21(23,24)25)8-17-11(2)16-7-6-15(9-18(16)12(17)3)32-20(30)14(5)22(26,27)28/h8-9,12H,1-2,4-7H2,3H3/b17-8+. The second-order valence-electron chi connectivity index (χ2n) is 7.04. The average molecular weight is 460 g/mol. The molecule has 1 atom stereocenters. The van der Waals surface area contributed by atoms with Crippen LogP contribution >= 0.6 is 0 Å². The lowest BCUT2D eigenvalue weighted by atomic mass is 9.94. The van der Waals surface area contributed by atoms with Gasteiger partial charge in [-0.2, -0.15) is 26.3 Å². The van der Waals surface area contributed by atoms with Crippen molar-refractivity contribution in [2.24, 2.45) is 5.92 Å². The summed E-state index contributed by atoms with van der Waals surface area (Å²) in [5.74, 6) is -4.11. The monoisotopic (exact) mass is 460 g/mol. The number of esters is 2. The molecule has 4 nitrogen and oxygen atoms in total. The highest BCUT2D eigenvalue weighted by Gasteiger charge is 2.40. The summed E-state index contributed by atoms with van der Waals surface area (Å²) in [7, 11) is 0. The number of hydrogen-bond acceptors (Lipinski definition) is 4. The maximum absolute atomic E-state index is 12.6. The number of carbonyl (C=O) groups excluding carboxylic acids is 2. The maximum Gasteiger partial charge on any atom is 0.422 e. The van der Waals surface area contributed by atoms with E-state index in [-0.39, 0.29) is 17.9 Å². The van der Waals surface area contributed by atoms with Crippen LogP contribution < -0.4 is 0 Å². The molecule has 2 aliphatic carbocycles. The Kier molecular flexibility index (Phi) is 6.77. The summed E-state index contributed by atoms with van der Waals surface area (Å²) in [6.07, 6.45) is -6.79. The summed E-state index contributed by atoms with van der Waals surface area (Å²) < 4.78 is 84.8. The van der Waals surface area contributed by atoms with E-state index in [1.54, 1.807) is 6.92 Å². The van der Waals surface area contributed by atoms with E-state index < -0.39 is 41.4 Å². The van der Waals surface area contributed by atoms with Gasteiger partial charge in [-0.05, 0) is 40.9 Å². The van der Waals surface area contributed by atoms with Crippen molar-refractivity contribution < 1.29 is 45.4 Å². The predicted molar refractivity (Wildman–Crippen MR) is 102 cm³/mol. The summed E-state index contributed by atoms with van der Waals surface area (Å²) in [5, 5.41) is 0. The van der Waals surface area contributed by atoms with Crippen molar-refractivity contribution in [3.63, 3.8) is 0 Å². The number of alkyl halides is 6. The molecule has 0 amide bonds. The molecule has 0 heterocycles. The van der Waals surface area contributed by atoms with Crippen molar-refractivity contribution in [3.8, 4) is 0 Å². The number of hydrogen-bond donors (Lipinski definition) is 0. The molecule has 0 radical (unpaired) electrons. The van der Waals surface area contributed by atoms with Gasteiger partial charge in [0.25, 0.3) is 0 Å². The Balaban J connectivity index is 2.17. The third kappa shape index (κ3) is 5.30. The molecule has 32 heavy (non-hydrogen) atoms. The minimum Gasteiger partial charge on any atom is -0.427 e. The largest absolute Gasteiger partial charge is 0.427 e. The molecule has 172 valence electrons. The molecule has 0 fully saturated rings. The summed E-state index contributed by atoms with van der Waals surface area (Å²) >= 11 is 0. The van der Waals surface area contributed by atoms with E-state index >= 15 is 0 Å². The molecule has 0 saturated carbocycles. The van der Waals surface area contributed by atoms with Crippen LogP contribution in [0.15, 0.2) is 83.4 Å². The van der Waals surface area contributed by atoms with Crippen molar-refractivity contribution in [1.82, 2.24) is 0 Å². The third-order valence-electron chi connectivity index (χ3n) is 4.87. The van der Waals surface area contributed by atoms with Crippen molar-refractivity contribution >= 4 is 11.9 Å². The zero-order chi connectivity index (χ0) is 24.6. The van der Waals surface area contributed by atoms with Crippen LogP contribution in [0.4, 0.5) is 26.3 Å². The molecular formula is C22H18F6O4. The number of carbonyl (C=O) groups is 2. The van der Waals surface area contributed by atoms with Gasteiger partial charge in [0.1, 0.15) is 22.7 Å². The number of ether oxygens (including phenoxy) is 2. The Morgan fingerprint density at radius 3 is 2.06 bits per heavy atom. The molecule has 0 saturated heterocycles. The Morgan fingerprint density at radius 1 is 1.00 bits per heavy atom. The van der Waals surface area contributed by atoms with Gasteiger partial charge in [-0.25, -0.2) is 9.59 Å². The first-order chi connectivity index (χ1) is 14.5. The highest BCUT2D eigenvalue weighted by Crippen LogP contribution is 2.46. The second-order valence-corrected chi connectivity index (χ2v) is 7.04. The number of halogens is 6. The first kappa shape index (κ1) is 25.0. The summed E-state index contributed by atoms with van der Waals surface area (Å²) in [4.78, 5) is 23.2. The van der Waals surface area contributed by atoms with Crippen molar-refractivity contribution in [2.45, 2.75) is 32.1 Å². The molecule has 0 aromatic rings. The van der Waals surface area contributed by atoms with Crippen LogP contribution in [0.3, 0.4) is 0 Å². The first-order valence-electron chi connectivity index (χ1n) is 9.04. The molecule has 2 rings (SSSR count). The molecule has 1 unspecified atom stereocenters. The molecule has 0 aromatic carbocycles. The van der Waals surface area contributed by atoms with Crippen LogP contribution in [-0.2, 0) is 19.1 Å². The van der Waals surface area contributed by atoms with Crippen LogP contribution in [-0.4, -0.2) is 24.3 Å². The fraction of sp³-hybridized carbons (Fsp3) is 0.273. The molecule has 0 bridgehead atoms. The lowest BCUT2D eigenvalue weighted by Gasteiger charge is -2.18. The van der Waals surface area contributed by atoms with Gasteiger partial charge in [0.05, 0.1) is 0 Å². The Hall–Kier alpha value is -3.30. The Labute approximate surface area is 179 Å². The summed E-state index contributed by atoms with van der Waals surface area (Å²) in [5.41, 5.74) is -1.01. The topological polar surface area (TPSA) is 52.6 Å². The molecule has 10 heteroatoms. The average Bonchev–Trinajstić information content (AvgIpc) is 2.89. The van der Waals surface area contributed by atoms with E-state index in [2.05, 4.69) is 31.1 Å². The Morgan fingerprint density at radius 2 is 1.53 bits per heavy atom. The van der Waals surface area contributed by atoms with Gasteiger partial charge in [-0.15, -0.1) is 0 Å². The Bertz CT molecular complexity index is 1020. The lowest BCUT2D eigenvalue weighted by molar-refractivity contribution is -0.148. The maximum atomic E-state index is 12.6. The van der Waals surface area contributed by atoms with Crippen LogP contribution in [0.1, 0.15) is 19.8 Å². The van der Waals surface area contributed by atoms with Gasteiger partial charge in [0.2, 0.25) is 0 Å². The zero-order valence-corrected chi connectivity index (χ0v) is 16.9. The number of rotatable bonds is 5. The van der Waals surface area contributed by atoms with Gasteiger partial charge < -0.3 is 9.47 Å². The second kappa shape index (κ2) is 8.68. The fourth-order valence-corrected chi connectivity index (χ4v) is 3.13. The smallest absolute Gasteiger partial charge is 0.422 e. The third-order valence-corrected chi connectivity index (χ3v) is 4.87. The van der Waals surface area contributed by atoms with E-state index in [0.717, 1.165) is 5.57 Å². The quantitative estimate of drug-likeness (QED) is 0.221. The van der Waals surface area contributed by atoms with Crippen LogP contribution in [0.25, 0.3) is 0 Å². The van der Waals surface area contributed by atoms with Crippen LogP contribution in [0.2, 0.25) is 0 Å². The fourth-order valence-electron chi connectivity index (χ4n) is 3.13. The summed E-state index contributed by atoms with van der Waals surface area (Å²) in [6, 6.07) is 0. The van der Waals surface area contributed by atoms with E-state index in [9.17, 15) is 35.9 Å². The van der Waals surface area contributed by atoms with Gasteiger partial charge in [0, 0.05) is 12.3 Å². The normalized spacial score (nSPS) is 20.0. The van der Waals surface area contributed by atoms with E-state index in [0.29, 0.717) is 23.1 Å². The van der Waals surface area contributed by atoms with Gasteiger partial charge in [0.15, 0.2) is 0 Å². The molecular weight excluding hydrogens is 442 g/mol. The molecule has 2 aliphatic rings. The minimum atomic E-state index is -4.95. The van der Waals surface area contributed by atoms with Crippen molar-refractivity contribution in [2.75, 3.05) is 0 Å². The molecule has 0 N–H and O–H groups in total. The van der Waals surface area contributed by atoms with Gasteiger partial charge in [-0.1, -0.05) is 33.2 Å². The number of allylic oxidation sites excluding steroid dienone is 7. The van der Waals surface area contributed by atoms with E-state index in [1.807, 2.05) is 0 Å². The lowest BCUT2D eigenvalue weighted by Crippen LogP contribution is -2.21. The van der Waals surface area contributed by atoms with E-state index in [1.165, 1.54) is 12.2 Å². The predicted octanol–water partition coefficient (Wildman–Crippen LogP) is 5.93. The summed E-state index contributed by atoms with van der Waals surface area (Å²) in [6.45, 7) is 14.4. The highest BCUT2D eigenvalue weighted by atomic mass is 19.4. The molecule has 0 spiro atoms. The minimum absolute atomic E-state index is 0.00628. The van der Waals surface area contributed by atoms with Gasteiger partial charge in [-0.3, -0.25) is 0 Å².